The second-order valence-corrected chi connectivity index (χ2v) is 5.92. The van der Waals surface area contributed by atoms with Crippen molar-refractivity contribution in [1.29, 1.82) is 0 Å². The highest BCUT2D eigenvalue weighted by Gasteiger charge is 2.37. The van der Waals surface area contributed by atoms with Crippen LogP contribution in [0.3, 0.4) is 0 Å². The molecule has 0 fully saturated rings. The predicted octanol–water partition coefficient (Wildman–Crippen LogP) is 1.88. The maximum absolute atomic E-state index is 12.2. The fourth-order valence-electron chi connectivity index (χ4n) is 2.60. The second kappa shape index (κ2) is 8.73. The van der Waals surface area contributed by atoms with E-state index in [2.05, 4.69) is 5.32 Å². The van der Waals surface area contributed by atoms with Crippen LogP contribution in [0.2, 0.25) is 0 Å². The highest BCUT2D eigenvalue weighted by Crippen LogP contribution is 2.30. The van der Waals surface area contributed by atoms with E-state index in [0.29, 0.717) is 30.8 Å². The van der Waals surface area contributed by atoms with Gasteiger partial charge in [-0.05, 0) is 30.9 Å². The lowest BCUT2D eigenvalue weighted by atomic mass is 9.72. The van der Waals surface area contributed by atoms with Gasteiger partial charge in [0.05, 0.1) is 12.5 Å². The molecule has 2 N–H and O–H groups in total. The summed E-state index contributed by atoms with van der Waals surface area (Å²) in [7, 11) is -1.19. The molecule has 1 aromatic carbocycles. The van der Waals surface area contributed by atoms with Gasteiger partial charge in [0.15, 0.2) is 0 Å². The number of hydrogen-bond donors (Lipinski definition) is 2. The number of rotatable bonds is 7. The minimum atomic E-state index is -1.19. The van der Waals surface area contributed by atoms with Crippen LogP contribution < -0.4 is 9.97 Å². The zero-order chi connectivity index (χ0) is 17.5. The predicted molar refractivity (Wildman–Crippen MR) is 90.8 cm³/mol. The van der Waals surface area contributed by atoms with Crippen LogP contribution in [0, 0.1) is 0 Å². The minimum absolute atomic E-state index is 0.122. The van der Waals surface area contributed by atoms with E-state index in [1.54, 1.807) is 12.1 Å². The lowest BCUT2D eigenvalue weighted by Gasteiger charge is -2.29. The maximum Gasteiger partial charge on any atom is 0.547 e. The van der Waals surface area contributed by atoms with E-state index >= 15 is 0 Å². The molecule has 6 nitrogen and oxygen atoms in total. The Kier molecular flexibility index (Phi) is 6.67. The summed E-state index contributed by atoms with van der Waals surface area (Å²) in [6.45, 7) is 4.29. The van der Waals surface area contributed by atoms with Crippen molar-refractivity contribution in [2.75, 3.05) is 6.61 Å². The Morgan fingerprint density at radius 2 is 2.17 bits per heavy atom. The average molecular weight is 333 g/mol. The first kappa shape index (κ1) is 18.3. The van der Waals surface area contributed by atoms with Gasteiger partial charge in [-0.2, -0.15) is 0 Å². The largest absolute Gasteiger partial charge is 0.547 e. The number of para-hydroxylation sites is 1. The molecule has 1 heterocycles. The zero-order valence-corrected chi connectivity index (χ0v) is 14.2. The van der Waals surface area contributed by atoms with Gasteiger partial charge in [0.25, 0.3) is 0 Å². The number of benzene rings is 1. The van der Waals surface area contributed by atoms with Gasteiger partial charge in [-0.1, -0.05) is 32.4 Å². The van der Waals surface area contributed by atoms with Gasteiger partial charge < -0.3 is 19.7 Å². The van der Waals surface area contributed by atoms with Gasteiger partial charge in [0.1, 0.15) is 11.3 Å². The van der Waals surface area contributed by atoms with E-state index in [1.165, 1.54) is 0 Å². The molecule has 1 atom stereocenters. The van der Waals surface area contributed by atoms with Crippen molar-refractivity contribution in [3.63, 3.8) is 0 Å². The van der Waals surface area contributed by atoms with Gasteiger partial charge in [0, 0.05) is 6.42 Å². The highest BCUT2D eigenvalue weighted by molar-refractivity contribution is 6.47. The third kappa shape index (κ3) is 4.51. The standard InChI is InChI=1S/C17H24BNO5/c1-3-5-10-23-17(21)13-9-6-8-12-11-14(18(22)24-16(12)13)19-15(20)7-4-2/h6,8-9,14,22H,3-5,7,10-11H2,1-2H3,(H,19,20). The van der Waals surface area contributed by atoms with Gasteiger partial charge >= 0.3 is 13.1 Å². The molecule has 7 heteroatoms. The molecule has 1 amide bonds. The molecule has 0 aromatic heterocycles. The Balaban J connectivity index is 2.11. The summed E-state index contributed by atoms with van der Waals surface area (Å²) >= 11 is 0. The second-order valence-electron chi connectivity index (χ2n) is 5.92. The lowest BCUT2D eigenvalue weighted by molar-refractivity contribution is -0.121. The third-order valence-electron chi connectivity index (χ3n) is 3.89. The SMILES string of the molecule is CCCCOC(=O)c1cccc2c1OB(O)C(NC(=O)CCC)C2. The van der Waals surface area contributed by atoms with Crippen molar-refractivity contribution in [2.24, 2.45) is 0 Å². The molecule has 1 aliphatic heterocycles. The molecule has 0 spiro atoms. The fraction of sp³-hybridized carbons (Fsp3) is 0.529. The van der Waals surface area contributed by atoms with Crippen molar-refractivity contribution in [3.05, 3.63) is 29.3 Å². The number of esters is 1. The number of fused-ring (bicyclic) bond motifs is 1. The van der Waals surface area contributed by atoms with Crippen LogP contribution in [0.15, 0.2) is 18.2 Å². The van der Waals surface area contributed by atoms with E-state index < -0.39 is 19.0 Å². The van der Waals surface area contributed by atoms with Crippen molar-refractivity contribution < 1.29 is 24.0 Å². The number of carbonyl (C=O) groups excluding carboxylic acids is 2. The molecule has 1 unspecified atom stereocenters. The van der Waals surface area contributed by atoms with Crippen molar-refractivity contribution in [3.8, 4) is 5.75 Å². The average Bonchev–Trinajstić information content (AvgIpc) is 2.55. The topological polar surface area (TPSA) is 84.9 Å². The quantitative estimate of drug-likeness (QED) is 0.452. The Hall–Kier alpha value is -2.02. The van der Waals surface area contributed by atoms with Crippen molar-refractivity contribution >= 4 is 19.0 Å². The van der Waals surface area contributed by atoms with Gasteiger partial charge in [-0.25, -0.2) is 4.79 Å². The molecule has 0 radical (unpaired) electrons. The molecule has 0 aliphatic carbocycles. The van der Waals surface area contributed by atoms with E-state index in [0.717, 1.165) is 24.8 Å². The van der Waals surface area contributed by atoms with E-state index in [1.807, 2.05) is 19.9 Å². The summed E-state index contributed by atoms with van der Waals surface area (Å²) in [5, 5.41) is 12.9. The van der Waals surface area contributed by atoms with Crippen LogP contribution in [0.1, 0.15) is 55.5 Å². The molecule has 0 saturated heterocycles. The lowest BCUT2D eigenvalue weighted by Crippen LogP contribution is -2.53. The molecule has 1 aliphatic rings. The molecule has 2 rings (SSSR count). The summed E-state index contributed by atoms with van der Waals surface area (Å²) in [5.74, 6) is -0.764. The number of nitrogens with one attached hydrogen (secondary N) is 1. The number of amides is 1. The summed E-state index contributed by atoms with van der Waals surface area (Å²) in [6, 6.07) is 5.19. The first-order valence-corrected chi connectivity index (χ1v) is 8.49. The fourth-order valence-corrected chi connectivity index (χ4v) is 2.60. The molecule has 0 bridgehead atoms. The van der Waals surface area contributed by atoms with Crippen LogP contribution in [0.4, 0.5) is 0 Å². The number of unbranched alkanes of at least 4 members (excludes halogenated alkanes) is 1. The Morgan fingerprint density at radius 1 is 1.38 bits per heavy atom. The van der Waals surface area contributed by atoms with Gasteiger partial charge in [-0.3, -0.25) is 4.79 Å². The first-order valence-electron chi connectivity index (χ1n) is 8.49. The molecule has 0 saturated carbocycles. The van der Waals surface area contributed by atoms with Crippen LogP contribution in [-0.2, 0) is 16.0 Å². The Bertz CT molecular complexity index is 592. The van der Waals surface area contributed by atoms with E-state index in [4.69, 9.17) is 9.39 Å². The molecule has 24 heavy (non-hydrogen) atoms. The monoisotopic (exact) mass is 333 g/mol. The van der Waals surface area contributed by atoms with Gasteiger partial charge in [0.2, 0.25) is 5.91 Å². The van der Waals surface area contributed by atoms with Gasteiger partial charge in [-0.15, -0.1) is 0 Å². The normalized spacial score (nSPS) is 16.1. The Morgan fingerprint density at radius 3 is 2.88 bits per heavy atom. The minimum Gasteiger partial charge on any atom is -0.534 e. The summed E-state index contributed by atoms with van der Waals surface area (Å²) in [5.41, 5.74) is 1.08. The van der Waals surface area contributed by atoms with Crippen LogP contribution in [-0.4, -0.2) is 36.6 Å². The summed E-state index contributed by atoms with van der Waals surface area (Å²) in [4.78, 5) is 23.9. The van der Waals surface area contributed by atoms with E-state index in [-0.39, 0.29) is 5.91 Å². The summed E-state index contributed by atoms with van der Waals surface area (Å²) in [6.07, 6.45) is 3.28. The summed E-state index contributed by atoms with van der Waals surface area (Å²) < 4.78 is 10.7. The molecular weight excluding hydrogens is 309 g/mol. The molecule has 130 valence electrons. The first-order chi connectivity index (χ1) is 11.6. The van der Waals surface area contributed by atoms with Crippen molar-refractivity contribution in [1.82, 2.24) is 5.32 Å². The van der Waals surface area contributed by atoms with Crippen LogP contribution >= 0.6 is 0 Å². The third-order valence-corrected chi connectivity index (χ3v) is 3.89. The zero-order valence-electron chi connectivity index (χ0n) is 14.2. The smallest absolute Gasteiger partial charge is 0.534 e. The maximum atomic E-state index is 12.2. The number of ether oxygens (including phenoxy) is 1. The number of hydrogen-bond acceptors (Lipinski definition) is 5. The molecular formula is C17H24BNO5. The van der Waals surface area contributed by atoms with Crippen molar-refractivity contribution in [2.45, 2.75) is 51.9 Å². The van der Waals surface area contributed by atoms with E-state index in [9.17, 15) is 14.6 Å². The highest BCUT2D eigenvalue weighted by atomic mass is 16.5. The number of carbonyl (C=O) groups is 2. The van der Waals surface area contributed by atoms with Crippen LogP contribution in [0.5, 0.6) is 5.75 Å². The molecule has 1 aromatic rings. The Labute approximate surface area is 142 Å². The van der Waals surface area contributed by atoms with Crippen LogP contribution in [0.25, 0.3) is 0 Å².